The molecule has 1 amide bonds. The summed E-state index contributed by atoms with van der Waals surface area (Å²) >= 11 is 0. The summed E-state index contributed by atoms with van der Waals surface area (Å²) in [5.41, 5.74) is 2.60. The molecule has 3 rings (SSSR count). The maximum atomic E-state index is 11.9. The van der Waals surface area contributed by atoms with E-state index in [0.717, 1.165) is 11.3 Å². The average molecular weight is 270 g/mol. The fraction of sp³-hybridized carbons (Fsp3) is 0.0909. The topological polar surface area (TPSA) is 114 Å². The molecule has 0 spiro atoms. The highest BCUT2D eigenvalue weighted by atomic mass is 16.2. The number of nitrogens with zero attached hydrogens (tertiary/aromatic N) is 6. The third kappa shape index (κ3) is 2.23. The van der Waals surface area contributed by atoms with Crippen molar-refractivity contribution in [3.8, 4) is 5.69 Å². The van der Waals surface area contributed by atoms with E-state index in [1.807, 2.05) is 13.0 Å². The normalized spacial score (nSPS) is 10.4. The van der Waals surface area contributed by atoms with E-state index in [2.05, 4.69) is 36.3 Å². The van der Waals surface area contributed by atoms with E-state index in [4.69, 9.17) is 0 Å². The minimum absolute atomic E-state index is 0.217. The summed E-state index contributed by atoms with van der Waals surface area (Å²) in [6.07, 6.45) is 2.84. The lowest BCUT2D eigenvalue weighted by molar-refractivity contribution is 0.102. The quantitative estimate of drug-likeness (QED) is 0.709. The Hall–Kier alpha value is -3.10. The first-order valence-corrected chi connectivity index (χ1v) is 5.75. The smallest absolute Gasteiger partial charge is 0.277 e. The summed E-state index contributed by atoms with van der Waals surface area (Å²) in [5.74, 6) is -0.342. The monoisotopic (exact) mass is 270 g/mol. The van der Waals surface area contributed by atoms with Crippen LogP contribution in [0.3, 0.4) is 0 Å². The van der Waals surface area contributed by atoms with Gasteiger partial charge in [-0.05, 0) is 35.0 Å². The Bertz CT molecular complexity index is 719. The first-order chi connectivity index (χ1) is 9.74. The van der Waals surface area contributed by atoms with Crippen LogP contribution in [-0.2, 0) is 0 Å². The molecule has 0 bridgehead atoms. The molecule has 0 radical (unpaired) electrons. The minimum atomic E-state index is -0.342. The molecule has 0 saturated heterocycles. The number of hydrogen-bond donors (Lipinski definition) is 2. The molecule has 2 aromatic heterocycles. The van der Waals surface area contributed by atoms with Gasteiger partial charge in [-0.25, -0.2) is 4.68 Å². The van der Waals surface area contributed by atoms with Crippen molar-refractivity contribution in [3.05, 3.63) is 42.0 Å². The molecule has 0 unspecified atom stereocenters. The summed E-state index contributed by atoms with van der Waals surface area (Å²) in [7, 11) is 0. The number of hydrogen-bond acceptors (Lipinski definition) is 6. The molecule has 0 aliphatic rings. The average Bonchev–Trinajstić information content (AvgIpc) is 3.14. The van der Waals surface area contributed by atoms with E-state index in [1.54, 1.807) is 12.1 Å². The first kappa shape index (κ1) is 12.0. The van der Waals surface area contributed by atoms with Crippen LogP contribution in [0.15, 0.2) is 30.7 Å². The predicted molar refractivity (Wildman–Crippen MR) is 68.2 cm³/mol. The second-order valence-corrected chi connectivity index (χ2v) is 4.07. The number of carbonyl (C=O) groups is 1. The minimum Gasteiger partial charge on any atom is -0.320 e. The molecular weight excluding hydrogens is 260 g/mol. The molecule has 2 N–H and O–H groups in total. The molecule has 2 heterocycles. The van der Waals surface area contributed by atoms with Gasteiger partial charge >= 0.3 is 0 Å². The van der Waals surface area contributed by atoms with E-state index in [0.29, 0.717) is 5.69 Å². The van der Waals surface area contributed by atoms with Crippen LogP contribution in [-0.4, -0.2) is 41.5 Å². The molecule has 0 fully saturated rings. The van der Waals surface area contributed by atoms with Crippen LogP contribution in [0.25, 0.3) is 5.69 Å². The van der Waals surface area contributed by atoms with E-state index in [1.165, 1.54) is 17.2 Å². The summed E-state index contributed by atoms with van der Waals surface area (Å²) in [6.45, 7) is 1.93. The van der Waals surface area contributed by atoms with Gasteiger partial charge in [0, 0.05) is 5.69 Å². The Labute approximate surface area is 113 Å². The van der Waals surface area contributed by atoms with Crippen LogP contribution in [0.5, 0.6) is 0 Å². The molecule has 1 aromatic carbocycles. The fourth-order valence-electron chi connectivity index (χ4n) is 1.71. The highest BCUT2D eigenvalue weighted by Gasteiger charge is 2.10. The number of amides is 1. The molecule has 100 valence electrons. The molecule has 0 atom stereocenters. The molecule has 0 saturated carbocycles. The van der Waals surface area contributed by atoms with Gasteiger partial charge in [0.1, 0.15) is 6.33 Å². The number of aryl methyl sites for hydroxylation is 1. The van der Waals surface area contributed by atoms with Crippen LogP contribution in [0.1, 0.15) is 16.1 Å². The maximum absolute atomic E-state index is 11.9. The van der Waals surface area contributed by atoms with Crippen molar-refractivity contribution >= 4 is 11.6 Å². The van der Waals surface area contributed by atoms with E-state index >= 15 is 0 Å². The summed E-state index contributed by atoms with van der Waals surface area (Å²) < 4.78 is 1.53. The van der Waals surface area contributed by atoms with Gasteiger partial charge in [0.25, 0.3) is 5.91 Å². The molecule has 3 aromatic rings. The molecule has 9 heteroatoms. The van der Waals surface area contributed by atoms with Crippen LogP contribution in [0.4, 0.5) is 5.69 Å². The van der Waals surface area contributed by atoms with Crippen molar-refractivity contribution in [2.45, 2.75) is 6.92 Å². The van der Waals surface area contributed by atoms with Gasteiger partial charge < -0.3 is 5.32 Å². The lowest BCUT2D eigenvalue weighted by atomic mass is 10.2. The van der Waals surface area contributed by atoms with Crippen molar-refractivity contribution in [2.24, 2.45) is 0 Å². The number of tetrazole rings is 1. The third-order valence-corrected chi connectivity index (χ3v) is 2.71. The fourth-order valence-corrected chi connectivity index (χ4v) is 1.71. The van der Waals surface area contributed by atoms with Crippen LogP contribution < -0.4 is 5.32 Å². The Morgan fingerprint density at radius 2 is 2.30 bits per heavy atom. The number of aromatic nitrogens is 7. The van der Waals surface area contributed by atoms with Gasteiger partial charge in [-0.2, -0.15) is 15.4 Å². The summed E-state index contributed by atoms with van der Waals surface area (Å²) in [6, 6.07) is 5.44. The molecule has 0 aliphatic carbocycles. The van der Waals surface area contributed by atoms with Gasteiger partial charge in [-0.3, -0.25) is 4.79 Å². The number of aromatic amines is 1. The van der Waals surface area contributed by atoms with Gasteiger partial charge in [0.05, 0.1) is 11.9 Å². The standard InChI is InChI=1S/C11H10N8O/c1-7-2-3-8(4-10(7)19-6-13-17-18-19)14-11(20)9-5-12-16-15-9/h2-6H,1H3,(H,14,20)(H,12,15,16). The Morgan fingerprint density at radius 3 is 3.00 bits per heavy atom. The third-order valence-electron chi connectivity index (χ3n) is 2.71. The number of rotatable bonds is 3. The Morgan fingerprint density at radius 1 is 1.40 bits per heavy atom. The lowest BCUT2D eigenvalue weighted by Crippen LogP contribution is -2.13. The first-order valence-electron chi connectivity index (χ1n) is 5.75. The largest absolute Gasteiger partial charge is 0.320 e. The number of anilines is 1. The van der Waals surface area contributed by atoms with Crippen molar-refractivity contribution < 1.29 is 4.79 Å². The van der Waals surface area contributed by atoms with Crippen LogP contribution in [0.2, 0.25) is 0 Å². The number of benzene rings is 1. The van der Waals surface area contributed by atoms with Crippen LogP contribution >= 0.6 is 0 Å². The zero-order valence-corrected chi connectivity index (χ0v) is 10.5. The summed E-state index contributed by atoms with van der Waals surface area (Å²) in [4.78, 5) is 11.9. The van der Waals surface area contributed by atoms with Gasteiger partial charge in [-0.1, -0.05) is 6.07 Å². The van der Waals surface area contributed by atoms with Crippen molar-refractivity contribution in [1.82, 2.24) is 35.6 Å². The predicted octanol–water partition coefficient (Wildman–Crippen LogP) is 0.341. The van der Waals surface area contributed by atoms with Crippen molar-refractivity contribution in [3.63, 3.8) is 0 Å². The molecule has 20 heavy (non-hydrogen) atoms. The van der Waals surface area contributed by atoms with E-state index in [9.17, 15) is 4.79 Å². The lowest BCUT2D eigenvalue weighted by Gasteiger charge is -2.08. The zero-order chi connectivity index (χ0) is 13.9. The SMILES string of the molecule is Cc1ccc(NC(=O)c2cn[nH]n2)cc1-n1cnnn1. The van der Waals surface area contributed by atoms with E-state index in [-0.39, 0.29) is 11.6 Å². The second kappa shape index (κ2) is 4.88. The highest BCUT2D eigenvalue weighted by Crippen LogP contribution is 2.18. The summed E-state index contributed by atoms with van der Waals surface area (Å²) in [5, 5.41) is 23.4. The molecule has 0 aliphatic heterocycles. The molecular formula is C11H10N8O. The van der Waals surface area contributed by atoms with Crippen molar-refractivity contribution in [1.29, 1.82) is 0 Å². The molecule has 9 nitrogen and oxygen atoms in total. The van der Waals surface area contributed by atoms with Gasteiger partial charge in [0.2, 0.25) is 0 Å². The van der Waals surface area contributed by atoms with Crippen LogP contribution in [0, 0.1) is 6.92 Å². The Balaban J connectivity index is 1.88. The van der Waals surface area contributed by atoms with Crippen molar-refractivity contribution in [2.75, 3.05) is 5.32 Å². The maximum Gasteiger partial charge on any atom is 0.277 e. The van der Waals surface area contributed by atoms with Gasteiger partial charge in [0.15, 0.2) is 5.69 Å². The zero-order valence-electron chi connectivity index (χ0n) is 10.5. The number of carbonyl (C=O) groups excluding carboxylic acids is 1. The second-order valence-electron chi connectivity index (χ2n) is 4.07. The Kier molecular flexibility index (Phi) is 2.92. The number of nitrogens with one attached hydrogen (secondary N) is 2. The van der Waals surface area contributed by atoms with Gasteiger partial charge in [-0.15, -0.1) is 5.10 Å². The number of H-pyrrole nitrogens is 1. The highest BCUT2D eigenvalue weighted by molar-refractivity contribution is 6.02. The van der Waals surface area contributed by atoms with E-state index < -0.39 is 0 Å².